The van der Waals surface area contributed by atoms with E-state index in [1.54, 1.807) is 0 Å². The maximum atomic E-state index is 6.01. The van der Waals surface area contributed by atoms with E-state index >= 15 is 0 Å². The van der Waals surface area contributed by atoms with Crippen LogP contribution < -0.4 is 5.32 Å². The molecule has 1 fully saturated rings. The van der Waals surface area contributed by atoms with Crippen molar-refractivity contribution in [2.24, 2.45) is 0 Å². The van der Waals surface area contributed by atoms with Crippen molar-refractivity contribution >= 4 is 0 Å². The fourth-order valence-corrected chi connectivity index (χ4v) is 2.56. The summed E-state index contributed by atoms with van der Waals surface area (Å²) in [5, 5.41) is 3.42. The van der Waals surface area contributed by atoms with Gasteiger partial charge in [0.2, 0.25) is 0 Å². The average molecular weight is 277 g/mol. The summed E-state index contributed by atoms with van der Waals surface area (Å²) in [5.41, 5.74) is 1.23. The molecule has 112 valence electrons. The summed E-state index contributed by atoms with van der Waals surface area (Å²) in [6.45, 7) is 7.03. The number of hydrogen-bond donors (Lipinski definition) is 1. The molecular formula is C17H27NO2. The Balaban J connectivity index is 1.65. The highest BCUT2D eigenvalue weighted by Crippen LogP contribution is 2.22. The summed E-state index contributed by atoms with van der Waals surface area (Å²) in [6, 6.07) is 10.4. The molecule has 1 saturated heterocycles. The first kappa shape index (κ1) is 15.5. The topological polar surface area (TPSA) is 30.5 Å². The van der Waals surface area contributed by atoms with Gasteiger partial charge in [0.05, 0.1) is 24.9 Å². The van der Waals surface area contributed by atoms with Crippen LogP contribution in [0.5, 0.6) is 0 Å². The van der Waals surface area contributed by atoms with Crippen LogP contribution in [-0.4, -0.2) is 31.9 Å². The van der Waals surface area contributed by atoms with Gasteiger partial charge < -0.3 is 14.8 Å². The molecule has 3 atom stereocenters. The molecule has 0 spiro atoms. The largest absolute Gasteiger partial charge is 0.371 e. The van der Waals surface area contributed by atoms with Crippen LogP contribution in [0.2, 0.25) is 0 Å². The van der Waals surface area contributed by atoms with Crippen molar-refractivity contribution in [2.45, 2.75) is 51.4 Å². The van der Waals surface area contributed by atoms with Gasteiger partial charge in [-0.05, 0) is 38.3 Å². The normalized spacial score (nSPS) is 23.9. The minimum atomic E-state index is 0.136. The van der Waals surface area contributed by atoms with Gasteiger partial charge in [-0.3, -0.25) is 0 Å². The molecule has 0 saturated carbocycles. The summed E-state index contributed by atoms with van der Waals surface area (Å²) in [5.74, 6) is 0. The maximum Gasteiger partial charge on any atom is 0.0814 e. The molecule has 3 nitrogen and oxygen atoms in total. The van der Waals surface area contributed by atoms with E-state index in [0.717, 1.165) is 25.9 Å². The van der Waals surface area contributed by atoms with Gasteiger partial charge in [0.25, 0.3) is 0 Å². The van der Waals surface area contributed by atoms with Gasteiger partial charge in [-0.15, -0.1) is 0 Å². The standard InChI is InChI=1S/C17H27NO2/c1-3-11-18-12-16-9-10-17(20-16)13-19-14(2)15-7-5-4-6-8-15/h4-8,14,16-18H,3,9-13H2,1-2H3. The van der Waals surface area contributed by atoms with Crippen LogP contribution in [0.1, 0.15) is 44.8 Å². The summed E-state index contributed by atoms with van der Waals surface area (Å²) >= 11 is 0. The molecule has 20 heavy (non-hydrogen) atoms. The molecule has 1 aromatic carbocycles. The lowest BCUT2D eigenvalue weighted by Gasteiger charge is -2.18. The van der Waals surface area contributed by atoms with Gasteiger partial charge in [-0.2, -0.15) is 0 Å². The van der Waals surface area contributed by atoms with Gasteiger partial charge >= 0.3 is 0 Å². The van der Waals surface area contributed by atoms with Crippen LogP contribution >= 0.6 is 0 Å². The quantitative estimate of drug-likeness (QED) is 0.739. The summed E-state index contributed by atoms with van der Waals surface area (Å²) in [4.78, 5) is 0. The molecule has 1 aliphatic heterocycles. The molecule has 1 aliphatic rings. The molecule has 0 aromatic heterocycles. The predicted octanol–water partition coefficient (Wildman–Crippen LogP) is 3.31. The Morgan fingerprint density at radius 2 is 2.00 bits per heavy atom. The van der Waals surface area contributed by atoms with Crippen molar-refractivity contribution in [3.63, 3.8) is 0 Å². The Hall–Kier alpha value is -0.900. The Morgan fingerprint density at radius 3 is 2.75 bits per heavy atom. The van der Waals surface area contributed by atoms with Crippen molar-refractivity contribution in [2.75, 3.05) is 19.7 Å². The van der Waals surface area contributed by atoms with Gasteiger partial charge in [-0.1, -0.05) is 37.3 Å². The highest BCUT2D eigenvalue weighted by atomic mass is 16.5. The third-order valence-corrected chi connectivity index (χ3v) is 3.80. The van der Waals surface area contributed by atoms with Crippen molar-refractivity contribution in [1.29, 1.82) is 0 Å². The lowest BCUT2D eigenvalue weighted by molar-refractivity contribution is -0.0370. The van der Waals surface area contributed by atoms with Crippen LogP contribution in [0.25, 0.3) is 0 Å². The lowest BCUT2D eigenvalue weighted by atomic mass is 10.1. The van der Waals surface area contributed by atoms with E-state index in [0.29, 0.717) is 12.7 Å². The van der Waals surface area contributed by atoms with E-state index in [4.69, 9.17) is 9.47 Å². The predicted molar refractivity (Wildman–Crippen MR) is 81.9 cm³/mol. The SMILES string of the molecule is CCCNCC1CCC(COC(C)c2ccccc2)O1. The Bertz CT molecular complexity index is 369. The Morgan fingerprint density at radius 1 is 1.25 bits per heavy atom. The van der Waals surface area contributed by atoms with Gasteiger partial charge in [0, 0.05) is 6.54 Å². The molecule has 1 N–H and O–H groups in total. The molecular weight excluding hydrogens is 250 g/mol. The zero-order valence-electron chi connectivity index (χ0n) is 12.7. The molecule has 0 aliphatic carbocycles. The molecule has 2 rings (SSSR count). The van der Waals surface area contributed by atoms with Gasteiger partial charge in [0.1, 0.15) is 0 Å². The molecule has 3 unspecified atom stereocenters. The van der Waals surface area contributed by atoms with Crippen LogP contribution in [0.15, 0.2) is 30.3 Å². The Kier molecular flexibility index (Phi) is 6.51. The smallest absolute Gasteiger partial charge is 0.0814 e. The number of benzene rings is 1. The van der Waals surface area contributed by atoms with Crippen molar-refractivity contribution in [3.8, 4) is 0 Å². The second-order valence-electron chi connectivity index (χ2n) is 5.55. The number of hydrogen-bond acceptors (Lipinski definition) is 3. The van der Waals surface area contributed by atoms with E-state index in [-0.39, 0.29) is 12.2 Å². The molecule has 3 heteroatoms. The minimum Gasteiger partial charge on any atom is -0.371 e. The zero-order valence-corrected chi connectivity index (χ0v) is 12.7. The molecule has 1 heterocycles. The van der Waals surface area contributed by atoms with Crippen molar-refractivity contribution in [1.82, 2.24) is 5.32 Å². The first-order valence-corrected chi connectivity index (χ1v) is 7.82. The molecule has 0 bridgehead atoms. The van der Waals surface area contributed by atoms with Crippen LogP contribution in [-0.2, 0) is 9.47 Å². The molecule has 1 aromatic rings. The van der Waals surface area contributed by atoms with Crippen LogP contribution in [0.4, 0.5) is 0 Å². The van der Waals surface area contributed by atoms with Crippen molar-refractivity contribution in [3.05, 3.63) is 35.9 Å². The first-order chi connectivity index (χ1) is 9.79. The Labute approximate surface area is 122 Å². The number of rotatable bonds is 8. The van der Waals surface area contributed by atoms with E-state index in [1.165, 1.54) is 12.0 Å². The van der Waals surface area contributed by atoms with Crippen LogP contribution in [0.3, 0.4) is 0 Å². The van der Waals surface area contributed by atoms with E-state index in [1.807, 2.05) is 6.07 Å². The maximum absolute atomic E-state index is 6.01. The zero-order chi connectivity index (χ0) is 14.2. The monoisotopic (exact) mass is 277 g/mol. The molecule has 0 radical (unpaired) electrons. The van der Waals surface area contributed by atoms with E-state index in [9.17, 15) is 0 Å². The van der Waals surface area contributed by atoms with Gasteiger partial charge in [0.15, 0.2) is 0 Å². The third kappa shape index (κ3) is 4.89. The summed E-state index contributed by atoms with van der Waals surface area (Å²) in [7, 11) is 0. The second kappa shape index (κ2) is 8.40. The van der Waals surface area contributed by atoms with E-state index in [2.05, 4.69) is 43.4 Å². The fraction of sp³-hybridized carbons (Fsp3) is 0.647. The van der Waals surface area contributed by atoms with Gasteiger partial charge in [-0.25, -0.2) is 0 Å². The lowest BCUT2D eigenvalue weighted by Crippen LogP contribution is -2.28. The highest BCUT2D eigenvalue weighted by molar-refractivity contribution is 5.16. The minimum absolute atomic E-state index is 0.136. The fourth-order valence-electron chi connectivity index (χ4n) is 2.56. The van der Waals surface area contributed by atoms with Crippen molar-refractivity contribution < 1.29 is 9.47 Å². The van der Waals surface area contributed by atoms with Crippen LogP contribution in [0, 0.1) is 0 Å². The summed E-state index contributed by atoms with van der Waals surface area (Å²) < 4.78 is 11.9. The molecule has 0 amide bonds. The number of nitrogens with one attached hydrogen (secondary N) is 1. The first-order valence-electron chi connectivity index (χ1n) is 7.82. The number of ether oxygens (including phenoxy) is 2. The second-order valence-corrected chi connectivity index (χ2v) is 5.55. The third-order valence-electron chi connectivity index (χ3n) is 3.80. The average Bonchev–Trinajstić information content (AvgIpc) is 2.94. The summed E-state index contributed by atoms with van der Waals surface area (Å²) in [6.07, 6.45) is 4.19. The highest BCUT2D eigenvalue weighted by Gasteiger charge is 2.25. The van der Waals surface area contributed by atoms with E-state index < -0.39 is 0 Å².